The molecule has 32 heavy (non-hydrogen) atoms. The van der Waals surface area contributed by atoms with Crippen LogP contribution < -0.4 is 10.1 Å². The SMILES string of the molecule is CCc1ccc(C(=O)Nc2ccc(OC)cc2C(=O)OC)cc1S(=O)(=O)N1CCOCC1. The number of benzene rings is 2. The van der Waals surface area contributed by atoms with Crippen LogP contribution in [0.25, 0.3) is 0 Å². The van der Waals surface area contributed by atoms with Crippen LogP contribution in [0.4, 0.5) is 5.69 Å². The van der Waals surface area contributed by atoms with E-state index < -0.39 is 21.9 Å². The summed E-state index contributed by atoms with van der Waals surface area (Å²) < 4.78 is 43.0. The first-order valence-electron chi connectivity index (χ1n) is 10.1. The lowest BCUT2D eigenvalue weighted by Crippen LogP contribution is -2.41. The highest BCUT2D eigenvalue weighted by Crippen LogP contribution is 2.26. The van der Waals surface area contributed by atoms with Crippen molar-refractivity contribution >= 4 is 27.6 Å². The molecule has 0 aliphatic carbocycles. The number of hydrogen-bond acceptors (Lipinski definition) is 7. The number of esters is 1. The average molecular weight is 463 g/mol. The molecule has 9 nitrogen and oxygen atoms in total. The van der Waals surface area contributed by atoms with Gasteiger partial charge in [0.05, 0.1) is 43.6 Å². The Labute approximate surface area is 187 Å². The molecule has 172 valence electrons. The number of sulfonamides is 1. The molecule has 0 aromatic heterocycles. The molecule has 1 aliphatic heterocycles. The van der Waals surface area contributed by atoms with Crippen molar-refractivity contribution in [1.82, 2.24) is 4.31 Å². The van der Waals surface area contributed by atoms with E-state index in [-0.39, 0.29) is 34.8 Å². The molecule has 2 aromatic rings. The minimum Gasteiger partial charge on any atom is -0.497 e. The number of amides is 1. The van der Waals surface area contributed by atoms with Crippen LogP contribution in [-0.2, 0) is 25.9 Å². The van der Waals surface area contributed by atoms with Gasteiger partial charge in [-0.2, -0.15) is 4.31 Å². The van der Waals surface area contributed by atoms with Crippen molar-refractivity contribution < 1.29 is 32.2 Å². The molecule has 1 amide bonds. The van der Waals surface area contributed by atoms with Crippen LogP contribution in [0.5, 0.6) is 5.75 Å². The van der Waals surface area contributed by atoms with Crippen molar-refractivity contribution in [1.29, 1.82) is 0 Å². The summed E-state index contributed by atoms with van der Waals surface area (Å²) in [5.41, 5.74) is 1.11. The van der Waals surface area contributed by atoms with Crippen molar-refractivity contribution in [3.63, 3.8) is 0 Å². The number of carbonyl (C=O) groups excluding carboxylic acids is 2. The molecule has 0 spiro atoms. The summed E-state index contributed by atoms with van der Waals surface area (Å²) in [4.78, 5) is 25.2. The van der Waals surface area contributed by atoms with Crippen molar-refractivity contribution in [2.75, 3.05) is 45.8 Å². The Bertz CT molecular complexity index is 1110. The van der Waals surface area contributed by atoms with Crippen LogP contribution in [0.3, 0.4) is 0 Å². The highest BCUT2D eigenvalue weighted by atomic mass is 32.2. The quantitative estimate of drug-likeness (QED) is 0.629. The van der Waals surface area contributed by atoms with Crippen molar-refractivity contribution in [3.05, 3.63) is 53.1 Å². The van der Waals surface area contributed by atoms with E-state index in [2.05, 4.69) is 5.32 Å². The van der Waals surface area contributed by atoms with E-state index in [1.165, 1.54) is 36.7 Å². The lowest BCUT2D eigenvalue weighted by atomic mass is 10.1. The predicted molar refractivity (Wildman–Crippen MR) is 118 cm³/mol. The van der Waals surface area contributed by atoms with E-state index in [9.17, 15) is 18.0 Å². The second-order valence-corrected chi connectivity index (χ2v) is 8.96. The zero-order chi connectivity index (χ0) is 23.3. The highest BCUT2D eigenvalue weighted by Gasteiger charge is 2.29. The second-order valence-electron chi connectivity index (χ2n) is 7.05. The first kappa shape index (κ1) is 23.7. The van der Waals surface area contributed by atoms with Crippen molar-refractivity contribution in [3.8, 4) is 5.75 Å². The maximum Gasteiger partial charge on any atom is 0.340 e. The van der Waals surface area contributed by atoms with Crippen LogP contribution >= 0.6 is 0 Å². The van der Waals surface area contributed by atoms with Crippen LogP contribution in [-0.4, -0.2) is 65.1 Å². The smallest absolute Gasteiger partial charge is 0.340 e. The van der Waals surface area contributed by atoms with Gasteiger partial charge in [0, 0.05) is 18.7 Å². The number of rotatable bonds is 7. The molecule has 2 aromatic carbocycles. The summed E-state index contributed by atoms with van der Waals surface area (Å²) in [6.45, 7) is 3.03. The third kappa shape index (κ3) is 4.93. The normalized spacial score (nSPS) is 14.6. The maximum absolute atomic E-state index is 13.2. The Morgan fingerprint density at radius 2 is 1.81 bits per heavy atom. The van der Waals surface area contributed by atoms with E-state index in [1.807, 2.05) is 6.92 Å². The van der Waals surface area contributed by atoms with Crippen molar-refractivity contribution in [2.24, 2.45) is 0 Å². The monoisotopic (exact) mass is 462 g/mol. The molecular formula is C22H26N2O7S. The number of nitrogens with zero attached hydrogens (tertiary/aromatic N) is 1. The predicted octanol–water partition coefficient (Wildman–Crippen LogP) is 2.32. The fourth-order valence-electron chi connectivity index (χ4n) is 3.39. The van der Waals surface area contributed by atoms with Gasteiger partial charge in [0.1, 0.15) is 5.75 Å². The zero-order valence-electron chi connectivity index (χ0n) is 18.2. The second kappa shape index (κ2) is 10.1. The first-order valence-corrected chi connectivity index (χ1v) is 11.5. The van der Waals surface area contributed by atoms with Gasteiger partial charge in [0.25, 0.3) is 5.91 Å². The van der Waals surface area contributed by atoms with Gasteiger partial charge < -0.3 is 19.5 Å². The Balaban J connectivity index is 1.95. The van der Waals surface area contributed by atoms with Gasteiger partial charge in [-0.1, -0.05) is 13.0 Å². The van der Waals surface area contributed by atoms with E-state index >= 15 is 0 Å². The molecule has 1 saturated heterocycles. The van der Waals surface area contributed by atoms with Gasteiger partial charge in [-0.05, 0) is 42.3 Å². The number of anilines is 1. The van der Waals surface area contributed by atoms with Crippen LogP contribution in [0.1, 0.15) is 33.2 Å². The standard InChI is InChI=1S/C22H26N2O7S/c1-4-15-5-6-16(13-20(15)32(27,28)24-9-11-31-12-10-24)21(25)23-19-8-7-17(29-2)14-18(19)22(26)30-3/h5-8,13-14H,4,9-12H2,1-3H3,(H,23,25). The number of carbonyl (C=O) groups is 2. The van der Waals surface area contributed by atoms with Gasteiger partial charge in [-0.3, -0.25) is 4.79 Å². The largest absolute Gasteiger partial charge is 0.497 e. The van der Waals surface area contributed by atoms with E-state index in [0.717, 1.165) is 0 Å². The van der Waals surface area contributed by atoms with Crippen LogP contribution in [0.2, 0.25) is 0 Å². The molecular weight excluding hydrogens is 436 g/mol. The Kier molecular flexibility index (Phi) is 7.49. The molecule has 0 unspecified atom stereocenters. The lowest BCUT2D eigenvalue weighted by molar-refractivity contribution is 0.0601. The average Bonchev–Trinajstić information content (AvgIpc) is 2.83. The lowest BCUT2D eigenvalue weighted by Gasteiger charge is -2.27. The van der Waals surface area contributed by atoms with Gasteiger partial charge in [0.2, 0.25) is 10.0 Å². The summed E-state index contributed by atoms with van der Waals surface area (Å²) in [6, 6.07) is 9.15. The molecule has 1 fully saturated rings. The first-order chi connectivity index (χ1) is 15.3. The minimum atomic E-state index is -3.79. The van der Waals surface area contributed by atoms with E-state index in [4.69, 9.17) is 14.2 Å². The molecule has 1 aliphatic rings. The Hall–Kier alpha value is -2.95. The minimum absolute atomic E-state index is 0.0949. The van der Waals surface area contributed by atoms with Gasteiger partial charge in [0.15, 0.2) is 0 Å². The molecule has 1 heterocycles. The van der Waals surface area contributed by atoms with Crippen LogP contribution in [0, 0.1) is 0 Å². The summed E-state index contributed by atoms with van der Waals surface area (Å²) in [6.07, 6.45) is 0.492. The van der Waals surface area contributed by atoms with Gasteiger partial charge >= 0.3 is 5.97 Å². The summed E-state index contributed by atoms with van der Waals surface area (Å²) in [7, 11) is -1.09. The van der Waals surface area contributed by atoms with Crippen molar-refractivity contribution in [2.45, 2.75) is 18.2 Å². The summed E-state index contributed by atoms with van der Waals surface area (Å²) in [5, 5.41) is 2.67. The molecule has 0 radical (unpaired) electrons. The maximum atomic E-state index is 13.2. The highest BCUT2D eigenvalue weighted by molar-refractivity contribution is 7.89. The molecule has 1 N–H and O–H groups in total. The number of ether oxygens (including phenoxy) is 3. The molecule has 0 atom stereocenters. The summed E-state index contributed by atoms with van der Waals surface area (Å²) in [5.74, 6) is -0.771. The molecule has 3 rings (SSSR count). The molecule has 10 heteroatoms. The third-order valence-corrected chi connectivity index (χ3v) is 7.16. The number of morpholine rings is 1. The zero-order valence-corrected chi connectivity index (χ0v) is 19.0. The topological polar surface area (TPSA) is 111 Å². The fraction of sp³-hybridized carbons (Fsp3) is 0.364. The van der Waals surface area contributed by atoms with Crippen LogP contribution in [0.15, 0.2) is 41.3 Å². The number of aryl methyl sites for hydroxylation is 1. The number of methoxy groups -OCH3 is 2. The Morgan fingerprint density at radius 1 is 1.09 bits per heavy atom. The molecule has 0 saturated carbocycles. The Morgan fingerprint density at radius 3 is 2.44 bits per heavy atom. The third-order valence-electron chi connectivity index (χ3n) is 5.18. The fourth-order valence-corrected chi connectivity index (χ4v) is 5.11. The number of nitrogens with one attached hydrogen (secondary N) is 1. The van der Waals surface area contributed by atoms with Gasteiger partial charge in [-0.15, -0.1) is 0 Å². The number of hydrogen-bond donors (Lipinski definition) is 1. The summed E-state index contributed by atoms with van der Waals surface area (Å²) >= 11 is 0. The molecule has 0 bridgehead atoms. The van der Waals surface area contributed by atoms with Gasteiger partial charge in [-0.25, -0.2) is 13.2 Å². The van der Waals surface area contributed by atoms with E-state index in [0.29, 0.717) is 30.9 Å². The van der Waals surface area contributed by atoms with E-state index in [1.54, 1.807) is 18.2 Å².